The number of amides is 2. The van der Waals surface area contributed by atoms with Crippen molar-refractivity contribution in [2.24, 2.45) is 0 Å². The van der Waals surface area contributed by atoms with Gasteiger partial charge in [0.1, 0.15) is 0 Å². The summed E-state index contributed by atoms with van der Waals surface area (Å²) in [7, 11) is 0. The molecule has 0 bridgehead atoms. The normalized spacial score (nSPS) is 15.1. The zero-order valence-corrected chi connectivity index (χ0v) is 13.0. The predicted octanol–water partition coefficient (Wildman–Crippen LogP) is 2.63. The van der Waals surface area contributed by atoms with Crippen LogP contribution >= 0.6 is 23.5 Å². The number of benzene rings is 1. The van der Waals surface area contributed by atoms with Gasteiger partial charge in [-0.1, -0.05) is 12.1 Å². The van der Waals surface area contributed by atoms with Gasteiger partial charge in [-0.2, -0.15) is 0 Å². The Morgan fingerprint density at radius 3 is 2.75 bits per heavy atom. The van der Waals surface area contributed by atoms with Gasteiger partial charge in [0, 0.05) is 37.1 Å². The maximum absolute atomic E-state index is 11.8. The Kier molecular flexibility index (Phi) is 5.79. The molecule has 1 saturated heterocycles. The van der Waals surface area contributed by atoms with Crippen molar-refractivity contribution in [1.29, 1.82) is 0 Å². The van der Waals surface area contributed by atoms with Gasteiger partial charge in [0.05, 0.1) is 4.58 Å². The minimum absolute atomic E-state index is 0.0809. The summed E-state index contributed by atoms with van der Waals surface area (Å²) in [5, 5.41) is 5.48. The van der Waals surface area contributed by atoms with Gasteiger partial charge in [0.25, 0.3) is 0 Å². The number of hydrogen-bond donors (Lipinski definition) is 2. The molecule has 1 aromatic carbocycles. The lowest BCUT2D eigenvalue weighted by atomic mass is 10.2. The van der Waals surface area contributed by atoms with E-state index in [9.17, 15) is 9.59 Å². The van der Waals surface area contributed by atoms with Crippen LogP contribution in [0.4, 0.5) is 5.69 Å². The zero-order valence-electron chi connectivity index (χ0n) is 11.3. The second-order valence-corrected chi connectivity index (χ2v) is 7.20. The van der Waals surface area contributed by atoms with E-state index in [1.807, 2.05) is 41.7 Å². The highest BCUT2D eigenvalue weighted by molar-refractivity contribution is 8.19. The molecule has 6 heteroatoms. The van der Waals surface area contributed by atoms with E-state index in [1.54, 1.807) is 0 Å². The summed E-state index contributed by atoms with van der Waals surface area (Å²) in [6.45, 7) is 1.81. The first-order chi connectivity index (χ1) is 9.65. The Bertz CT molecular complexity index is 488. The van der Waals surface area contributed by atoms with Crippen molar-refractivity contribution in [3.63, 3.8) is 0 Å². The van der Waals surface area contributed by atoms with E-state index in [4.69, 9.17) is 0 Å². The topological polar surface area (TPSA) is 58.2 Å². The zero-order chi connectivity index (χ0) is 14.4. The highest BCUT2D eigenvalue weighted by Gasteiger charge is 2.18. The van der Waals surface area contributed by atoms with E-state index < -0.39 is 0 Å². The van der Waals surface area contributed by atoms with Crippen molar-refractivity contribution in [2.75, 3.05) is 23.4 Å². The highest BCUT2D eigenvalue weighted by atomic mass is 32.2. The van der Waals surface area contributed by atoms with E-state index in [0.717, 1.165) is 5.69 Å². The SMILES string of the molecule is CC(=O)NCCC(=O)Nc1cccc(C2SCCS2)c1. The van der Waals surface area contributed by atoms with Crippen LogP contribution in [0.1, 0.15) is 23.5 Å². The molecule has 0 unspecified atom stereocenters. The number of hydrogen-bond acceptors (Lipinski definition) is 4. The minimum atomic E-state index is -0.116. The maximum atomic E-state index is 11.8. The number of thioether (sulfide) groups is 2. The summed E-state index contributed by atoms with van der Waals surface area (Å²) in [6, 6.07) is 8.00. The van der Waals surface area contributed by atoms with E-state index in [2.05, 4.69) is 16.7 Å². The van der Waals surface area contributed by atoms with Crippen LogP contribution in [0.25, 0.3) is 0 Å². The van der Waals surface area contributed by atoms with Gasteiger partial charge in [-0.05, 0) is 17.7 Å². The molecular formula is C14H18N2O2S2. The number of carbonyl (C=O) groups is 2. The minimum Gasteiger partial charge on any atom is -0.356 e. The molecule has 1 fully saturated rings. The van der Waals surface area contributed by atoms with Gasteiger partial charge < -0.3 is 10.6 Å². The van der Waals surface area contributed by atoms with Crippen molar-refractivity contribution < 1.29 is 9.59 Å². The number of carbonyl (C=O) groups excluding carboxylic acids is 2. The van der Waals surface area contributed by atoms with Crippen LogP contribution in [0.5, 0.6) is 0 Å². The van der Waals surface area contributed by atoms with Crippen LogP contribution in [-0.4, -0.2) is 29.9 Å². The number of rotatable bonds is 5. The van der Waals surface area contributed by atoms with Crippen LogP contribution in [0.3, 0.4) is 0 Å². The molecule has 108 valence electrons. The molecule has 1 aliphatic rings. The molecule has 1 aromatic rings. The Morgan fingerprint density at radius 1 is 1.30 bits per heavy atom. The second-order valence-electron chi connectivity index (χ2n) is 4.48. The fourth-order valence-corrected chi connectivity index (χ4v) is 4.73. The molecular weight excluding hydrogens is 292 g/mol. The Hall–Kier alpha value is -1.14. The van der Waals surface area contributed by atoms with Crippen LogP contribution < -0.4 is 10.6 Å². The molecule has 1 heterocycles. The van der Waals surface area contributed by atoms with Crippen LogP contribution in [0.2, 0.25) is 0 Å². The first-order valence-electron chi connectivity index (χ1n) is 6.52. The van der Waals surface area contributed by atoms with Crippen molar-refractivity contribution in [1.82, 2.24) is 5.32 Å². The Morgan fingerprint density at radius 2 is 2.05 bits per heavy atom. The monoisotopic (exact) mass is 310 g/mol. The molecule has 2 N–H and O–H groups in total. The quantitative estimate of drug-likeness (QED) is 0.878. The molecule has 1 aliphatic heterocycles. The molecule has 0 saturated carbocycles. The lowest BCUT2D eigenvalue weighted by Gasteiger charge is -2.11. The van der Waals surface area contributed by atoms with Gasteiger partial charge >= 0.3 is 0 Å². The van der Waals surface area contributed by atoms with Gasteiger partial charge in [-0.25, -0.2) is 0 Å². The lowest BCUT2D eigenvalue weighted by Crippen LogP contribution is -2.25. The molecule has 0 spiro atoms. The Balaban J connectivity index is 1.87. The number of anilines is 1. The largest absolute Gasteiger partial charge is 0.356 e. The van der Waals surface area contributed by atoms with Crippen molar-refractivity contribution in [3.05, 3.63) is 29.8 Å². The number of nitrogens with one attached hydrogen (secondary N) is 2. The predicted molar refractivity (Wildman–Crippen MR) is 86.0 cm³/mol. The Labute approximate surface area is 127 Å². The summed E-state index contributed by atoms with van der Waals surface area (Å²) in [5.74, 6) is 2.17. The third-order valence-corrected chi connectivity index (χ3v) is 5.89. The molecule has 2 rings (SSSR count). The first kappa shape index (κ1) is 15.3. The summed E-state index contributed by atoms with van der Waals surface area (Å²) in [4.78, 5) is 22.5. The maximum Gasteiger partial charge on any atom is 0.226 e. The summed E-state index contributed by atoms with van der Waals surface area (Å²) >= 11 is 3.89. The van der Waals surface area contributed by atoms with E-state index >= 15 is 0 Å². The highest BCUT2D eigenvalue weighted by Crippen LogP contribution is 2.45. The molecule has 0 radical (unpaired) electrons. The van der Waals surface area contributed by atoms with Gasteiger partial charge in [-0.3, -0.25) is 9.59 Å². The first-order valence-corrected chi connectivity index (χ1v) is 8.62. The third-order valence-electron chi connectivity index (χ3n) is 2.79. The molecule has 0 aromatic heterocycles. The molecule has 4 nitrogen and oxygen atoms in total. The van der Waals surface area contributed by atoms with Gasteiger partial charge in [-0.15, -0.1) is 23.5 Å². The molecule has 0 aliphatic carbocycles. The van der Waals surface area contributed by atoms with Gasteiger partial charge in [0.2, 0.25) is 11.8 Å². The van der Waals surface area contributed by atoms with Crippen LogP contribution in [0.15, 0.2) is 24.3 Å². The summed E-state index contributed by atoms with van der Waals surface area (Å²) in [6.07, 6.45) is 0.288. The summed E-state index contributed by atoms with van der Waals surface area (Å²) in [5.41, 5.74) is 2.07. The van der Waals surface area contributed by atoms with Crippen molar-refractivity contribution in [2.45, 2.75) is 17.9 Å². The van der Waals surface area contributed by atoms with Crippen molar-refractivity contribution >= 4 is 41.0 Å². The summed E-state index contributed by atoms with van der Waals surface area (Å²) < 4.78 is 0.478. The third kappa shape index (κ3) is 4.76. The van der Waals surface area contributed by atoms with E-state index in [1.165, 1.54) is 24.0 Å². The average molecular weight is 310 g/mol. The van der Waals surface area contributed by atoms with E-state index in [-0.39, 0.29) is 18.2 Å². The molecule has 0 atom stereocenters. The fourth-order valence-electron chi connectivity index (χ4n) is 1.89. The van der Waals surface area contributed by atoms with Crippen LogP contribution in [-0.2, 0) is 9.59 Å². The second kappa shape index (κ2) is 7.59. The van der Waals surface area contributed by atoms with Crippen molar-refractivity contribution in [3.8, 4) is 0 Å². The smallest absolute Gasteiger partial charge is 0.226 e. The standard InChI is InChI=1S/C14H18N2O2S2/c1-10(17)15-6-5-13(18)16-12-4-2-3-11(9-12)14-19-7-8-20-14/h2-4,9,14H,5-8H2,1H3,(H,15,17)(H,16,18). The average Bonchev–Trinajstić information content (AvgIpc) is 2.92. The fraction of sp³-hybridized carbons (Fsp3) is 0.429. The molecule has 2 amide bonds. The lowest BCUT2D eigenvalue weighted by molar-refractivity contribution is -0.119. The van der Waals surface area contributed by atoms with Gasteiger partial charge in [0.15, 0.2) is 0 Å². The molecule has 20 heavy (non-hydrogen) atoms. The van der Waals surface area contributed by atoms with E-state index in [0.29, 0.717) is 11.1 Å². The van der Waals surface area contributed by atoms with Crippen LogP contribution in [0, 0.1) is 0 Å².